The normalized spacial score (nSPS) is 14.2. The van der Waals surface area contributed by atoms with Crippen molar-refractivity contribution >= 4 is 34.6 Å². The number of oxazole rings is 1. The van der Waals surface area contributed by atoms with Crippen LogP contribution in [0.4, 0.5) is 5.82 Å². The second-order valence-corrected chi connectivity index (χ2v) is 8.29. The summed E-state index contributed by atoms with van der Waals surface area (Å²) in [5.41, 5.74) is 3.37. The lowest BCUT2D eigenvalue weighted by Crippen LogP contribution is -2.49. The summed E-state index contributed by atoms with van der Waals surface area (Å²) >= 11 is 1.51. The third kappa shape index (κ3) is 4.27. The molecule has 1 amide bonds. The van der Waals surface area contributed by atoms with Crippen molar-refractivity contribution in [3.05, 3.63) is 84.1 Å². The molecule has 7 heteroatoms. The van der Waals surface area contributed by atoms with Gasteiger partial charge in [-0.15, -0.1) is 0 Å². The van der Waals surface area contributed by atoms with Crippen molar-refractivity contribution in [3.8, 4) is 0 Å². The van der Waals surface area contributed by atoms with Crippen molar-refractivity contribution in [1.29, 1.82) is 0 Å². The van der Waals surface area contributed by atoms with Gasteiger partial charge in [-0.05, 0) is 35.9 Å². The van der Waals surface area contributed by atoms with Crippen LogP contribution in [0.1, 0.15) is 15.9 Å². The number of para-hydroxylation sites is 2. The number of piperazine rings is 1. The van der Waals surface area contributed by atoms with E-state index in [0.29, 0.717) is 24.1 Å². The van der Waals surface area contributed by atoms with Gasteiger partial charge in [0.1, 0.15) is 11.3 Å². The van der Waals surface area contributed by atoms with Crippen LogP contribution >= 0.6 is 11.8 Å². The van der Waals surface area contributed by atoms with Crippen LogP contribution in [0.2, 0.25) is 0 Å². The maximum atomic E-state index is 13.3. The highest BCUT2D eigenvalue weighted by Gasteiger charge is 2.24. The van der Waals surface area contributed by atoms with E-state index in [4.69, 9.17) is 4.42 Å². The number of fused-ring (bicyclic) bond motifs is 1. The Hall–Kier alpha value is -3.32. The lowest BCUT2D eigenvalue weighted by molar-refractivity contribution is 0.0745. The summed E-state index contributed by atoms with van der Waals surface area (Å²) in [5, 5.41) is 0.618. The fourth-order valence-electron chi connectivity index (χ4n) is 3.76. The molecule has 0 unspecified atom stereocenters. The summed E-state index contributed by atoms with van der Waals surface area (Å²) in [6, 6.07) is 21.5. The summed E-state index contributed by atoms with van der Waals surface area (Å²) in [7, 11) is 0. The Morgan fingerprint density at radius 1 is 0.935 bits per heavy atom. The average Bonchev–Trinajstić information content (AvgIpc) is 3.26. The molecule has 0 N–H and O–H groups in total. The monoisotopic (exact) mass is 430 g/mol. The Morgan fingerprint density at radius 3 is 2.52 bits per heavy atom. The lowest BCUT2D eigenvalue weighted by Gasteiger charge is -2.35. The van der Waals surface area contributed by atoms with Gasteiger partial charge in [0.15, 0.2) is 5.58 Å². The molecular formula is C24H22N4O2S. The number of benzene rings is 2. The molecule has 0 radical (unpaired) electrons. The minimum absolute atomic E-state index is 0.0782. The number of aromatic nitrogens is 2. The van der Waals surface area contributed by atoms with Crippen LogP contribution < -0.4 is 4.90 Å². The molecule has 0 spiro atoms. The van der Waals surface area contributed by atoms with E-state index in [9.17, 15) is 4.79 Å². The van der Waals surface area contributed by atoms with Crippen LogP contribution in [0, 0.1) is 0 Å². The van der Waals surface area contributed by atoms with Gasteiger partial charge >= 0.3 is 0 Å². The second-order valence-electron chi connectivity index (χ2n) is 7.36. The first kappa shape index (κ1) is 19.6. The highest BCUT2D eigenvalue weighted by molar-refractivity contribution is 7.98. The number of amides is 1. The minimum Gasteiger partial charge on any atom is -0.431 e. The van der Waals surface area contributed by atoms with Crippen LogP contribution in [0.5, 0.6) is 0 Å². The number of rotatable bonds is 5. The molecule has 3 heterocycles. The third-order valence-corrected chi connectivity index (χ3v) is 6.29. The summed E-state index contributed by atoms with van der Waals surface area (Å²) in [6.45, 7) is 2.93. The molecule has 2 aromatic carbocycles. The van der Waals surface area contributed by atoms with Gasteiger partial charge in [-0.3, -0.25) is 4.79 Å². The van der Waals surface area contributed by atoms with Gasteiger partial charge in [-0.25, -0.2) is 9.97 Å². The van der Waals surface area contributed by atoms with Crippen LogP contribution in [0.25, 0.3) is 11.1 Å². The zero-order valence-electron chi connectivity index (χ0n) is 17.0. The highest BCUT2D eigenvalue weighted by Crippen LogP contribution is 2.28. The Labute approximate surface area is 184 Å². The fourth-order valence-corrected chi connectivity index (χ4v) is 4.60. The number of anilines is 1. The molecule has 4 aromatic rings. The smallest absolute Gasteiger partial charge is 0.257 e. The van der Waals surface area contributed by atoms with Gasteiger partial charge in [0.05, 0.1) is 0 Å². The maximum Gasteiger partial charge on any atom is 0.257 e. The van der Waals surface area contributed by atoms with Gasteiger partial charge in [0.2, 0.25) is 0 Å². The van der Waals surface area contributed by atoms with E-state index in [1.54, 1.807) is 6.20 Å². The Bertz CT molecular complexity index is 1150. The number of carbonyl (C=O) groups excluding carboxylic acids is 1. The van der Waals surface area contributed by atoms with Crippen LogP contribution in [-0.4, -0.2) is 47.0 Å². The molecule has 1 aliphatic rings. The van der Waals surface area contributed by atoms with E-state index in [2.05, 4.69) is 14.9 Å². The van der Waals surface area contributed by atoms with Gasteiger partial charge in [0.25, 0.3) is 11.1 Å². The first-order valence-electron chi connectivity index (χ1n) is 10.3. The average molecular weight is 431 g/mol. The molecule has 0 bridgehead atoms. The van der Waals surface area contributed by atoms with Crippen LogP contribution in [0.3, 0.4) is 0 Å². The van der Waals surface area contributed by atoms with Crippen LogP contribution in [0.15, 0.2) is 82.6 Å². The fraction of sp³-hybridized carbons (Fsp3) is 0.208. The van der Waals surface area contributed by atoms with Crippen molar-refractivity contribution in [2.75, 3.05) is 31.1 Å². The summed E-state index contributed by atoms with van der Waals surface area (Å²) in [5.74, 6) is 1.67. The predicted molar refractivity (Wildman–Crippen MR) is 122 cm³/mol. The van der Waals surface area contributed by atoms with E-state index >= 15 is 0 Å². The molecule has 1 saturated heterocycles. The topological polar surface area (TPSA) is 62.5 Å². The second kappa shape index (κ2) is 8.81. The predicted octanol–water partition coefficient (Wildman–Crippen LogP) is 4.48. The zero-order chi connectivity index (χ0) is 21.0. The molecule has 6 nitrogen and oxygen atoms in total. The van der Waals surface area contributed by atoms with Gasteiger partial charge < -0.3 is 14.2 Å². The molecule has 31 heavy (non-hydrogen) atoms. The van der Waals surface area contributed by atoms with Gasteiger partial charge in [-0.1, -0.05) is 48.2 Å². The Morgan fingerprint density at radius 2 is 1.71 bits per heavy atom. The van der Waals surface area contributed by atoms with E-state index in [0.717, 1.165) is 41.1 Å². The maximum absolute atomic E-state index is 13.3. The summed E-state index contributed by atoms with van der Waals surface area (Å²) in [6.07, 6.45) is 1.80. The molecule has 0 atom stereocenters. The van der Waals surface area contributed by atoms with Gasteiger partial charge in [0, 0.05) is 43.7 Å². The highest BCUT2D eigenvalue weighted by atomic mass is 32.2. The Balaban J connectivity index is 1.26. The quantitative estimate of drug-likeness (QED) is 0.435. The number of thioether (sulfide) groups is 1. The van der Waals surface area contributed by atoms with Crippen molar-refractivity contribution in [1.82, 2.24) is 14.9 Å². The van der Waals surface area contributed by atoms with E-state index in [-0.39, 0.29) is 5.91 Å². The van der Waals surface area contributed by atoms with Crippen molar-refractivity contribution < 1.29 is 9.21 Å². The van der Waals surface area contributed by atoms with Crippen LogP contribution in [-0.2, 0) is 5.75 Å². The van der Waals surface area contributed by atoms with Gasteiger partial charge in [-0.2, -0.15) is 0 Å². The first-order valence-corrected chi connectivity index (χ1v) is 11.3. The standard InChI is InChI=1S/C24H22N4O2S/c29-23(28-15-13-27(14-16-28)22-11-5-6-12-25-22)19-8-2-1-7-18(19)17-31-24-26-20-9-3-4-10-21(20)30-24/h1-12H,13-17H2. The largest absolute Gasteiger partial charge is 0.431 e. The molecule has 5 rings (SSSR count). The van der Waals surface area contributed by atoms with Crippen molar-refractivity contribution in [3.63, 3.8) is 0 Å². The molecule has 0 saturated carbocycles. The number of hydrogen-bond acceptors (Lipinski definition) is 6. The molecule has 156 valence electrons. The third-order valence-electron chi connectivity index (χ3n) is 5.41. The van der Waals surface area contributed by atoms with E-state index in [1.807, 2.05) is 71.6 Å². The van der Waals surface area contributed by atoms with E-state index in [1.165, 1.54) is 11.8 Å². The number of pyridine rings is 1. The SMILES string of the molecule is O=C(c1ccccc1CSc1nc2ccccc2o1)N1CCN(c2ccccn2)CC1. The molecule has 1 aliphatic heterocycles. The van der Waals surface area contributed by atoms with Crippen molar-refractivity contribution in [2.45, 2.75) is 11.0 Å². The summed E-state index contributed by atoms with van der Waals surface area (Å²) < 4.78 is 5.81. The minimum atomic E-state index is 0.0782. The van der Waals surface area contributed by atoms with Crippen molar-refractivity contribution in [2.24, 2.45) is 0 Å². The molecular weight excluding hydrogens is 408 g/mol. The summed E-state index contributed by atoms with van der Waals surface area (Å²) in [4.78, 5) is 26.4. The molecule has 2 aromatic heterocycles. The van der Waals surface area contributed by atoms with E-state index < -0.39 is 0 Å². The number of carbonyl (C=O) groups is 1. The Kier molecular flexibility index (Phi) is 5.58. The molecule has 1 fully saturated rings. The number of hydrogen-bond donors (Lipinski definition) is 0. The lowest BCUT2D eigenvalue weighted by atomic mass is 10.1. The first-order chi connectivity index (χ1) is 15.3. The molecule has 0 aliphatic carbocycles. The zero-order valence-corrected chi connectivity index (χ0v) is 17.8. The number of nitrogens with zero attached hydrogens (tertiary/aromatic N) is 4.